The van der Waals surface area contributed by atoms with E-state index in [2.05, 4.69) is 15.3 Å². The molecule has 0 amide bonds. The van der Waals surface area contributed by atoms with Crippen LogP contribution in [0.1, 0.15) is 25.7 Å². The molecule has 1 aliphatic rings. The fraction of sp³-hybridized carbons (Fsp3) is 0.353. The van der Waals surface area contributed by atoms with Gasteiger partial charge in [0.1, 0.15) is 5.75 Å². The molecule has 2 aromatic rings. The van der Waals surface area contributed by atoms with Crippen molar-refractivity contribution in [2.24, 2.45) is 5.92 Å². The summed E-state index contributed by atoms with van der Waals surface area (Å²) in [5, 5.41) is 12.5. The minimum Gasteiger partial charge on any atom is -0.481 e. The topological polar surface area (TPSA) is 84.3 Å². The van der Waals surface area contributed by atoms with Gasteiger partial charge >= 0.3 is 5.97 Å². The van der Waals surface area contributed by atoms with Crippen LogP contribution in [0.3, 0.4) is 0 Å². The van der Waals surface area contributed by atoms with Gasteiger partial charge in [-0.25, -0.2) is 4.98 Å². The smallest absolute Gasteiger partial charge is 0.306 e. The van der Waals surface area contributed by atoms with Crippen LogP contribution >= 0.6 is 0 Å². The third-order valence-corrected chi connectivity index (χ3v) is 4.04. The Bertz CT molecular complexity index is 655. The summed E-state index contributed by atoms with van der Waals surface area (Å²) in [5.74, 6) is 0.267. The molecule has 2 N–H and O–H groups in total. The summed E-state index contributed by atoms with van der Waals surface area (Å²) in [6, 6.07) is 7.97. The number of carboxylic acids is 1. The van der Waals surface area contributed by atoms with Crippen LogP contribution in [0.5, 0.6) is 11.6 Å². The lowest BCUT2D eigenvalue weighted by atomic mass is 9.86. The van der Waals surface area contributed by atoms with Crippen molar-refractivity contribution in [2.45, 2.75) is 31.7 Å². The van der Waals surface area contributed by atoms with Crippen molar-refractivity contribution >= 4 is 11.7 Å². The van der Waals surface area contributed by atoms with Crippen LogP contribution in [0.15, 0.2) is 42.9 Å². The quantitative estimate of drug-likeness (QED) is 0.881. The van der Waals surface area contributed by atoms with Crippen molar-refractivity contribution in [1.82, 2.24) is 9.97 Å². The molecule has 0 aliphatic heterocycles. The van der Waals surface area contributed by atoms with E-state index < -0.39 is 5.97 Å². The lowest BCUT2D eigenvalue weighted by Crippen LogP contribution is -2.29. The third-order valence-electron chi connectivity index (χ3n) is 4.04. The molecule has 1 saturated carbocycles. The molecule has 0 atom stereocenters. The molecule has 0 saturated heterocycles. The first kappa shape index (κ1) is 15.3. The van der Waals surface area contributed by atoms with Gasteiger partial charge in [0.25, 0.3) is 0 Å². The standard InChI is InChI=1S/C17H19N3O3/c21-17(22)12-4-6-13(7-5-12)20-14-2-1-3-15(10-14)23-16-11-18-8-9-19-16/h1-3,8-13,20H,4-7H2,(H,21,22). The van der Waals surface area contributed by atoms with Gasteiger partial charge in [-0.3, -0.25) is 9.78 Å². The molecule has 0 radical (unpaired) electrons. The molecule has 1 aromatic carbocycles. The molecule has 0 bridgehead atoms. The molecule has 1 heterocycles. The van der Waals surface area contributed by atoms with E-state index in [1.807, 2.05) is 24.3 Å². The third kappa shape index (κ3) is 4.18. The SMILES string of the molecule is O=C(O)C1CCC(Nc2cccc(Oc3cnccn3)c2)CC1. The number of ether oxygens (including phenoxy) is 1. The molecule has 3 rings (SSSR count). The number of carbonyl (C=O) groups is 1. The Hall–Kier alpha value is -2.63. The maximum Gasteiger partial charge on any atom is 0.306 e. The zero-order valence-electron chi connectivity index (χ0n) is 12.7. The number of nitrogens with zero attached hydrogens (tertiary/aromatic N) is 2. The Morgan fingerprint density at radius 1 is 1.22 bits per heavy atom. The highest BCUT2D eigenvalue weighted by Gasteiger charge is 2.25. The highest BCUT2D eigenvalue weighted by atomic mass is 16.5. The molecule has 1 fully saturated rings. The lowest BCUT2D eigenvalue weighted by Gasteiger charge is -2.27. The Morgan fingerprint density at radius 2 is 2.04 bits per heavy atom. The predicted molar refractivity (Wildman–Crippen MR) is 85.6 cm³/mol. The molecule has 23 heavy (non-hydrogen) atoms. The van der Waals surface area contributed by atoms with Crippen LogP contribution in [0.4, 0.5) is 5.69 Å². The van der Waals surface area contributed by atoms with Gasteiger partial charge < -0.3 is 15.2 Å². The van der Waals surface area contributed by atoms with Crippen molar-refractivity contribution in [3.8, 4) is 11.6 Å². The Balaban J connectivity index is 1.59. The van der Waals surface area contributed by atoms with Crippen molar-refractivity contribution < 1.29 is 14.6 Å². The number of aliphatic carboxylic acids is 1. The summed E-state index contributed by atoms with van der Waals surface area (Å²) in [5.41, 5.74) is 0.963. The van der Waals surface area contributed by atoms with Crippen molar-refractivity contribution in [3.05, 3.63) is 42.9 Å². The second-order valence-corrected chi connectivity index (χ2v) is 5.70. The van der Waals surface area contributed by atoms with E-state index in [1.165, 1.54) is 0 Å². The molecule has 6 heteroatoms. The van der Waals surface area contributed by atoms with E-state index in [-0.39, 0.29) is 5.92 Å². The maximum atomic E-state index is 11.0. The van der Waals surface area contributed by atoms with Gasteiger partial charge in [0.05, 0.1) is 12.1 Å². The first-order chi connectivity index (χ1) is 11.2. The second-order valence-electron chi connectivity index (χ2n) is 5.70. The molecule has 6 nitrogen and oxygen atoms in total. The maximum absolute atomic E-state index is 11.0. The second kappa shape index (κ2) is 7.09. The van der Waals surface area contributed by atoms with Gasteiger partial charge in [-0.1, -0.05) is 6.07 Å². The van der Waals surface area contributed by atoms with Gasteiger partial charge in [-0.15, -0.1) is 0 Å². The van der Waals surface area contributed by atoms with Crippen molar-refractivity contribution in [3.63, 3.8) is 0 Å². The summed E-state index contributed by atoms with van der Waals surface area (Å²) in [6.45, 7) is 0. The van der Waals surface area contributed by atoms with E-state index >= 15 is 0 Å². The molecule has 1 aliphatic carbocycles. The van der Waals surface area contributed by atoms with E-state index in [4.69, 9.17) is 9.84 Å². The van der Waals surface area contributed by atoms with E-state index in [0.717, 1.165) is 31.4 Å². The first-order valence-corrected chi connectivity index (χ1v) is 7.74. The van der Waals surface area contributed by atoms with Gasteiger partial charge in [-0.05, 0) is 37.8 Å². The number of nitrogens with one attached hydrogen (secondary N) is 1. The summed E-state index contributed by atoms with van der Waals surface area (Å²) in [6.07, 6.45) is 7.92. The van der Waals surface area contributed by atoms with Crippen molar-refractivity contribution in [2.75, 3.05) is 5.32 Å². The van der Waals surface area contributed by atoms with Gasteiger partial charge in [0, 0.05) is 30.2 Å². The molecular formula is C17H19N3O3. The Kier molecular flexibility index (Phi) is 4.71. The fourth-order valence-corrected chi connectivity index (χ4v) is 2.83. The average Bonchev–Trinajstić information content (AvgIpc) is 2.57. The Morgan fingerprint density at radius 3 is 2.74 bits per heavy atom. The average molecular weight is 313 g/mol. The highest BCUT2D eigenvalue weighted by Crippen LogP contribution is 2.28. The van der Waals surface area contributed by atoms with Gasteiger partial charge in [0.15, 0.2) is 0 Å². The number of carboxylic acid groups (broad SMARTS) is 1. The summed E-state index contributed by atoms with van der Waals surface area (Å²) in [4.78, 5) is 19.0. The van der Waals surface area contributed by atoms with Crippen LogP contribution in [0, 0.1) is 5.92 Å². The van der Waals surface area contributed by atoms with E-state index in [9.17, 15) is 4.79 Å². The van der Waals surface area contributed by atoms with Crippen molar-refractivity contribution in [1.29, 1.82) is 0 Å². The van der Waals surface area contributed by atoms with Crippen LogP contribution in [-0.2, 0) is 4.79 Å². The number of aromatic nitrogens is 2. The number of anilines is 1. The molecule has 120 valence electrons. The normalized spacial score (nSPS) is 20.7. The minimum atomic E-state index is -0.678. The monoisotopic (exact) mass is 313 g/mol. The number of hydrogen-bond donors (Lipinski definition) is 2. The van der Waals surface area contributed by atoms with Gasteiger partial charge in [-0.2, -0.15) is 0 Å². The number of hydrogen-bond acceptors (Lipinski definition) is 5. The van der Waals surface area contributed by atoms with Crippen LogP contribution in [0.25, 0.3) is 0 Å². The number of benzene rings is 1. The molecule has 0 spiro atoms. The number of rotatable bonds is 5. The Labute approximate surface area is 134 Å². The summed E-state index contributed by atoms with van der Waals surface area (Å²) in [7, 11) is 0. The van der Waals surface area contributed by atoms with Crippen LogP contribution in [0.2, 0.25) is 0 Å². The highest BCUT2D eigenvalue weighted by molar-refractivity contribution is 5.70. The summed E-state index contributed by atoms with van der Waals surface area (Å²) < 4.78 is 5.67. The fourth-order valence-electron chi connectivity index (χ4n) is 2.83. The largest absolute Gasteiger partial charge is 0.481 e. The zero-order valence-corrected chi connectivity index (χ0v) is 12.7. The zero-order chi connectivity index (χ0) is 16.1. The van der Waals surface area contributed by atoms with Gasteiger partial charge in [0.2, 0.25) is 5.88 Å². The van der Waals surface area contributed by atoms with E-state index in [0.29, 0.717) is 17.7 Å². The first-order valence-electron chi connectivity index (χ1n) is 7.74. The van der Waals surface area contributed by atoms with Crippen LogP contribution in [-0.4, -0.2) is 27.1 Å². The molecule has 0 unspecified atom stereocenters. The molecule has 1 aromatic heterocycles. The summed E-state index contributed by atoms with van der Waals surface area (Å²) >= 11 is 0. The lowest BCUT2D eigenvalue weighted by molar-refractivity contribution is -0.142. The minimum absolute atomic E-state index is 0.195. The predicted octanol–water partition coefficient (Wildman–Crippen LogP) is 3.32. The molecular weight excluding hydrogens is 294 g/mol. The van der Waals surface area contributed by atoms with E-state index in [1.54, 1.807) is 18.6 Å². The van der Waals surface area contributed by atoms with Crippen LogP contribution < -0.4 is 10.1 Å².